The van der Waals surface area contributed by atoms with Crippen molar-refractivity contribution in [2.45, 2.75) is 32.5 Å². The first-order valence-corrected chi connectivity index (χ1v) is 9.46. The number of carbonyl (C=O) groups excluding carboxylic acids is 2. The van der Waals surface area contributed by atoms with Gasteiger partial charge in [0.25, 0.3) is 0 Å². The number of imide groups is 1. The number of urea groups is 1. The van der Waals surface area contributed by atoms with E-state index in [4.69, 9.17) is 4.74 Å². The Hall–Kier alpha value is -1.81. The topological polar surface area (TPSA) is 101 Å². The van der Waals surface area contributed by atoms with Crippen molar-refractivity contribution in [1.82, 2.24) is 25.4 Å². The van der Waals surface area contributed by atoms with Gasteiger partial charge in [0.1, 0.15) is 0 Å². The zero-order valence-electron chi connectivity index (χ0n) is 14.9. The highest BCUT2D eigenvalue weighted by atomic mass is 32.2. The van der Waals surface area contributed by atoms with Gasteiger partial charge in [0, 0.05) is 26.2 Å². The van der Waals surface area contributed by atoms with Crippen molar-refractivity contribution in [3.05, 3.63) is 0 Å². The molecule has 1 aliphatic rings. The van der Waals surface area contributed by atoms with Crippen molar-refractivity contribution in [2.24, 2.45) is 5.92 Å². The van der Waals surface area contributed by atoms with Gasteiger partial charge < -0.3 is 15.0 Å². The quantitative estimate of drug-likeness (QED) is 0.682. The van der Waals surface area contributed by atoms with Crippen LogP contribution < -0.4 is 15.5 Å². The summed E-state index contributed by atoms with van der Waals surface area (Å²) in [6, 6.07) is -0.481. The molecule has 0 aromatic carbocycles. The molecule has 0 spiro atoms. The standard InChI is InChI=1S/C15H26N6O3S/c1-4-16-13(23)17-12(22)10-25-15-19-18-14(21(15)9-11(2)3)20-5-7-24-8-6-20/h11H,4-10H2,1-3H3,(H2,16,17,22,23). The minimum atomic E-state index is -0.481. The molecule has 0 unspecified atom stereocenters. The van der Waals surface area contributed by atoms with E-state index >= 15 is 0 Å². The van der Waals surface area contributed by atoms with Crippen molar-refractivity contribution < 1.29 is 14.3 Å². The van der Waals surface area contributed by atoms with Gasteiger partial charge in [0.2, 0.25) is 11.9 Å². The lowest BCUT2D eigenvalue weighted by Gasteiger charge is -2.28. The summed E-state index contributed by atoms with van der Waals surface area (Å²) in [6.07, 6.45) is 0. The van der Waals surface area contributed by atoms with E-state index in [0.29, 0.717) is 30.8 Å². The Kier molecular flexibility index (Phi) is 7.51. The third-order valence-corrected chi connectivity index (χ3v) is 4.43. The van der Waals surface area contributed by atoms with Crippen LogP contribution in [0.4, 0.5) is 10.7 Å². The second-order valence-corrected chi connectivity index (χ2v) is 7.03. The number of anilines is 1. The molecule has 1 aromatic heterocycles. The molecule has 2 heterocycles. The largest absolute Gasteiger partial charge is 0.378 e. The molecule has 0 saturated carbocycles. The van der Waals surface area contributed by atoms with E-state index in [1.165, 1.54) is 11.8 Å². The predicted octanol–water partition coefficient (Wildman–Crippen LogP) is 0.709. The van der Waals surface area contributed by atoms with E-state index in [-0.39, 0.29) is 11.7 Å². The Morgan fingerprint density at radius 1 is 1.28 bits per heavy atom. The highest BCUT2D eigenvalue weighted by molar-refractivity contribution is 7.99. The SMILES string of the molecule is CCNC(=O)NC(=O)CSc1nnc(N2CCOCC2)n1CC(C)C. The summed E-state index contributed by atoms with van der Waals surface area (Å²) in [6.45, 7) is 10.2. The molecule has 9 nitrogen and oxygen atoms in total. The summed E-state index contributed by atoms with van der Waals surface area (Å²) in [5.74, 6) is 0.974. The average molecular weight is 370 g/mol. The fourth-order valence-corrected chi connectivity index (χ4v) is 3.15. The van der Waals surface area contributed by atoms with E-state index in [1.807, 2.05) is 4.57 Å². The van der Waals surface area contributed by atoms with Crippen LogP contribution in [-0.4, -0.2) is 65.3 Å². The minimum Gasteiger partial charge on any atom is -0.378 e. The van der Waals surface area contributed by atoms with Gasteiger partial charge in [-0.05, 0) is 12.8 Å². The van der Waals surface area contributed by atoms with Crippen molar-refractivity contribution >= 4 is 29.6 Å². The molecule has 1 aliphatic heterocycles. The van der Waals surface area contributed by atoms with E-state index in [0.717, 1.165) is 25.6 Å². The summed E-state index contributed by atoms with van der Waals surface area (Å²) >= 11 is 1.28. The van der Waals surface area contributed by atoms with Crippen LogP contribution in [0.25, 0.3) is 0 Å². The molecule has 2 N–H and O–H groups in total. The van der Waals surface area contributed by atoms with Gasteiger partial charge in [-0.2, -0.15) is 0 Å². The molecule has 0 aliphatic carbocycles. The van der Waals surface area contributed by atoms with Crippen LogP contribution in [0.5, 0.6) is 0 Å². The first kappa shape index (κ1) is 19.5. The maximum atomic E-state index is 11.9. The van der Waals surface area contributed by atoms with Gasteiger partial charge in [-0.25, -0.2) is 4.79 Å². The molecular formula is C15H26N6O3S. The summed E-state index contributed by atoms with van der Waals surface area (Å²) in [5, 5.41) is 14.1. The number of nitrogens with one attached hydrogen (secondary N) is 2. The molecule has 0 atom stereocenters. The normalized spacial score (nSPS) is 14.6. The van der Waals surface area contributed by atoms with Crippen LogP contribution in [0.1, 0.15) is 20.8 Å². The van der Waals surface area contributed by atoms with Crippen molar-refractivity contribution in [2.75, 3.05) is 43.5 Å². The average Bonchev–Trinajstić information content (AvgIpc) is 2.96. The second-order valence-electron chi connectivity index (χ2n) is 6.08. The lowest BCUT2D eigenvalue weighted by atomic mass is 10.2. The lowest BCUT2D eigenvalue weighted by molar-refractivity contribution is -0.117. The van der Waals surface area contributed by atoms with Crippen LogP contribution in [0.3, 0.4) is 0 Å². The Balaban J connectivity index is 2.02. The highest BCUT2D eigenvalue weighted by Gasteiger charge is 2.21. The second kappa shape index (κ2) is 9.62. The molecule has 25 heavy (non-hydrogen) atoms. The Bertz CT molecular complexity index is 586. The van der Waals surface area contributed by atoms with Gasteiger partial charge in [-0.15, -0.1) is 10.2 Å². The molecular weight excluding hydrogens is 344 g/mol. The molecule has 10 heteroatoms. The van der Waals surface area contributed by atoms with Gasteiger partial charge in [-0.1, -0.05) is 25.6 Å². The number of amides is 3. The summed E-state index contributed by atoms with van der Waals surface area (Å²) < 4.78 is 7.43. The number of morpholine rings is 1. The van der Waals surface area contributed by atoms with Crippen LogP contribution in [0.2, 0.25) is 0 Å². The van der Waals surface area contributed by atoms with Gasteiger partial charge in [0.15, 0.2) is 5.16 Å². The number of carbonyl (C=O) groups is 2. The zero-order chi connectivity index (χ0) is 18.2. The summed E-state index contributed by atoms with van der Waals surface area (Å²) in [4.78, 5) is 25.4. The van der Waals surface area contributed by atoms with Gasteiger partial charge in [-0.3, -0.25) is 14.7 Å². The number of rotatable bonds is 7. The van der Waals surface area contributed by atoms with Crippen LogP contribution in [-0.2, 0) is 16.1 Å². The van der Waals surface area contributed by atoms with Crippen molar-refractivity contribution in [1.29, 1.82) is 0 Å². The fraction of sp³-hybridized carbons (Fsp3) is 0.733. The first-order valence-electron chi connectivity index (χ1n) is 8.47. The monoisotopic (exact) mass is 370 g/mol. The number of hydrogen-bond acceptors (Lipinski definition) is 7. The molecule has 0 bridgehead atoms. The lowest BCUT2D eigenvalue weighted by Crippen LogP contribution is -2.40. The fourth-order valence-electron chi connectivity index (χ4n) is 2.41. The third-order valence-electron chi connectivity index (χ3n) is 3.46. The Morgan fingerprint density at radius 2 is 2.00 bits per heavy atom. The Labute approximate surface area is 151 Å². The molecule has 0 radical (unpaired) electrons. The number of thioether (sulfide) groups is 1. The van der Waals surface area contributed by atoms with Crippen LogP contribution in [0, 0.1) is 5.92 Å². The number of nitrogens with zero attached hydrogens (tertiary/aromatic N) is 4. The van der Waals surface area contributed by atoms with Crippen molar-refractivity contribution in [3.63, 3.8) is 0 Å². The van der Waals surface area contributed by atoms with E-state index in [1.54, 1.807) is 6.92 Å². The molecule has 1 fully saturated rings. The molecule has 2 rings (SSSR count). The molecule has 1 saturated heterocycles. The van der Waals surface area contributed by atoms with E-state index in [9.17, 15) is 9.59 Å². The molecule has 1 aromatic rings. The van der Waals surface area contributed by atoms with E-state index in [2.05, 4.69) is 39.6 Å². The summed E-state index contributed by atoms with van der Waals surface area (Å²) in [5.41, 5.74) is 0. The maximum absolute atomic E-state index is 11.9. The first-order chi connectivity index (χ1) is 12.0. The summed E-state index contributed by atoms with van der Waals surface area (Å²) in [7, 11) is 0. The number of ether oxygens (including phenoxy) is 1. The zero-order valence-corrected chi connectivity index (χ0v) is 15.8. The smallest absolute Gasteiger partial charge is 0.321 e. The predicted molar refractivity (Wildman–Crippen MR) is 95.8 cm³/mol. The Morgan fingerprint density at radius 3 is 2.64 bits per heavy atom. The van der Waals surface area contributed by atoms with Crippen LogP contribution >= 0.6 is 11.8 Å². The number of hydrogen-bond donors (Lipinski definition) is 2. The number of aromatic nitrogens is 3. The van der Waals surface area contributed by atoms with Gasteiger partial charge in [0.05, 0.1) is 19.0 Å². The minimum absolute atomic E-state index is 0.108. The van der Waals surface area contributed by atoms with E-state index < -0.39 is 6.03 Å². The highest BCUT2D eigenvalue weighted by Crippen LogP contribution is 2.24. The molecule has 3 amide bonds. The molecule has 140 valence electrons. The third kappa shape index (κ3) is 5.89. The van der Waals surface area contributed by atoms with Crippen molar-refractivity contribution in [3.8, 4) is 0 Å². The van der Waals surface area contributed by atoms with Gasteiger partial charge >= 0.3 is 6.03 Å². The van der Waals surface area contributed by atoms with Crippen LogP contribution in [0.15, 0.2) is 5.16 Å². The maximum Gasteiger partial charge on any atom is 0.321 e.